The Bertz CT molecular complexity index is 658. The van der Waals surface area contributed by atoms with Crippen molar-refractivity contribution in [2.45, 2.75) is 13.8 Å². The van der Waals surface area contributed by atoms with Gasteiger partial charge in [0, 0.05) is 11.0 Å². The van der Waals surface area contributed by atoms with E-state index in [9.17, 15) is 13.4 Å². The van der Waals surface area contributed by atoms with Crippen LogP contribution in [0.4, 0.5) is 8.63 Å². The molecule has 0 aliphatic carbocycles. The van der Waals surface area contributed by atoms with Crippen LogP contribution in [0.3, 0.4) is 0 Å². The minimum Gasteiger partial charge on any atom is -0.289 e. The van der Waals surface area contributed by atoms with Gasteiger partial charge in [0.2, 0.25) is 0 Å². The standard InChI is InChI=1S/C17H15BF2O/c1-12-3-7-14(8-4-12)16(18(19)20)11-17(21)15-9-5-13(2)6-10-15/h3-11H,1-2H3/b16-11-. The fourth-order valence-electron chi connectivity index (χ4n) is 1.96. The molecule has 21 heavy (non-hydrogen) atoms. The van der Waals surface area contributed by atoms with Crippen LogP contribution in [0.1, 0.15) is 27.0 Å². The summed E-state index contributed by atoms with van der Waals surface area (Å²) in [6.07, 6.45) is 1.03. The van der Waals surface area contributed by atoms with Crippen LogP contribution in [0.25, 0.3) is 5.47 Å². The zero-order chi connectivity index (χ0) is 15.4. The summed E-state index contributed by atoms with van der Waals surface area (Å²) in [5.41, 5.74) is 2.53. The summed E-state index contributed by atoms with van der Waals surface area (Å²) in [4.78, 5) is 12.1. The van der Waals surface area contributed by atoms with E-state index in [4.69, 9.17) is 0 Å². The van der Waals surface area contributed by atoms with E-state index in [1.807, 2.05) is 13.8 Å². The lowest BCUT2D eigenvalue weighted by Crippen LogP contribution is -2.06. The molecule has 0 fully saturated rings. The van der Waals surface area contributed by atoms with E-state index >= 15 is 0 Å². The molecule has 0 heterocycles. The summed E-state index contributed by atoms with van der Waals surface area (Å²) in [5.74, 6) is -0.411. The second-order valence-electron chi connectivity index (χ2n) is 5.00. The normalized spacial score (nSPS) is 11.3. The van der Waals surface area contributed by atoms with E-state index in [1.165, 1.54) is 0 Å². The number of carbonyl (C=O) groups is 1. The van der Waals surface area contributed by atoms with Crippen LogP contribution in [0.2, 0.25) is 0 Å². The van der Waals surface area contributed by atoms with Gasteiger partial charge in [0.15, 0.2) is 5.78 Å². The molecule has 0 saturated carbocycles. The molecule has 2 aromatic rings. The van der Waals surface area contributed by atoms with Gasteiger partial charge in [-0.05, 0) is 25.5 Å². The summed E-state index contributed by atoms with van der Waals surface area (Å²) >= 11 is 0. The van der Waals surface area contributed by atoms with Gasteiger partial charge in [-0.15, -0.1) is 0 Å². The SMILES string of the molecule is Cc1ccc(C(=O)/C=C(\B(F)F)c2ccc(C)cc2)cc1. The zero-order valence-corrected chi connectivity index (χ0v) is 11.9. The van der Waals surface area contributed by atoms with Crippen molar-refractivity contribution in [3.63, 3.8) is 0 Å². The predicted molar refractivity (Wildman–Crippen MR) is 82.6 cm³/mol. The highest BCUT2D eigenvalue weighted by atomic mass is 19.2. The largest absolute Gasteiger partial charge is 0.572 e. The minimum atomic E-state index is -2.69. The molecule has 0 bridgehead atoms. The molecule has 2 rings (SSSR count). The summed E-state index contributed by atoms with van der Waals surface area (Å²) in [5, 5.41) is 0. The highest BCUT2D eigenvalue weighted by molar-refractivity contribution is 6.67. The average molecular weight is 284 g/mol. The fourth-order valence-corrected chi connectivity index (χ4v) is 1.96. The molecule has 1 nitrogen and oxygen atoms in total. The van der Waals surface area contributed by atoms with Crippen molar-refractivity contribution in [3.8, 4) is 0 Å². The maximum Gasteiger partial charge on any atom is 0.572 e. The number of rotatable bonds is 4. The first-order valence-corrected chi connectivity index (χ1v) is 6.65. The van der Waals surface area contributed by atoms with Gasteiger partial charge >= 0.3 is 7.27 Å². The van der Waals surface area contributed by atoms with E-state index in [-0.39, 0.29) is 5.47 Å². The van der Waals surface area contributed by atoms with Crippen LogP contribution >= 0.6 is 0 Å². The van der Waals surface area contributed by atoms with Crippen molar-refractivity contribution >= 4 is 18.5 Å². The van der Waals surface area contributed by atoms with Crippen LogP contribution < -0.4 is 0 Å². The van der Waals surface area contributed by atoms with E-state index in [1.54, 1.807) is 48.5 Å². The van der Waals surface area contributed by atoms with Crippen LogP contribution in [0.15, 0.2) is 54.6 Å². The van der Waals surface area contributed by atoms with Crippen molar-refractivity contribution in [2.75, 3.05) is 0 Å². The van der Waals surface area contributed by atoms with Crippen LogP contribution in [-0.2, 0) is 0 Å². The lowest BCUT2D eigenvalue weighted by molar-refractivity contribution is 0.104. The zero-order valence-electron chi connectivity index (χ0n) is 11.9. The number of hydrogen-bond acceptors (Lipinski definition) is 1. The quantitative estimate of drug-likeness (QED) is 0.458. The highest BCUT2D eigenvalue weighted by Gasteiger charge is 2.22. The predicted octanol–water partition coefficient (Wildman–Crippen LogP) is 4.54. The first-order valence-electron chi connectivity index (χ1n) is 6.65. The van der Waals surface area contributed by atoms with Crippen molar-refractivity contribution in [1.82, 2.24) is 0 Å². The Hall–Kier alpha value is -2.23. The van der Waals surface area contributed by atoms with Crippen LogP contribution in [0, 0.1) is 13.8 Å². The number of carbonyl (C=O) groups excluding carboxylic acids is 1. The number of ketones is 1. The Kier molecular flexibility index (Phi) is 4.68. The maximum atomic E-state index is 13.2. The smallest absolute Gasteiger partial charge is 0.289 e. The monoisotopic (exact) mass is 284 g/mol. The van der Waals surface area contributed by atoms with Gasteiger partial charge in [0.1, 0.15) is 0 Å². The molecule has 2 aromatic carbocycles. The molecular formula is C17H15BF2O. The number of allylic oxidation sites excluding steroid dienone is 1. The third-order valence-corrected chi connectivity index (χ3v) is 3.24. The molecule has 0 unspecified atom stereocenters. The second kappa shape index (κ2) is 6.48. The third kappa shape index (κ3) is 3.88. The summed E-state index contributed by atoms with van der Waals surface area (Å²) < 4.78 is 26.4. The van der Waals surface area contributed by atoms with Crippen LogP contribution in [-0.4, -0.2) is 13.1 Å². The van der Waals surface area contributed by atoms with Gasteiger partial charge in [-0.2, -0.15) is 0 Å². The molecular weight excluding hydrogens is 269 g/mol. The Balaban J connectivity index is 2.35. The molecule has 4 heteroatoms. The fraction of sp³-hybridized carbons (Fsp3) is 0.118. The third-order valence-electron chi connectivity index (χ3n) is 3.24. The molecule has 106 valence electrons. The minimum absolute atomic E-state index is 0.249. The lowest BCUT2D eigenvalue weighted by Gasteiger charge is -2.05. The van der Waals surface area contributed by atoms with Crippen molar-refractivity contribution in [3.05, 3.63) is 76.9 Å². The number of hydrogen-bond donors (Lipinski definition) is 0. The number of aryl methyl sites for hydroxylation is 2. The Morgan fingerprint density at radius 2 is 1.29 bits per heavy atom. The van der Waals surface area contributed by atoms with E-state index in [0.29, 0.717) is 11.1 Å². The van der Waals surface area contributed by atoms with E-state index in [0.717, 1.165) is 17.2 Å². The van der Waals surface area contributed by atoms with Gasteiger partial charge in [-0.25, -0.2) is 0 Å². The van der Waals surface area contributed by atoms with Gasteiger partial charge in [0.05, 0.1) is 0 Å². The van der Waals surface area contributed by atoms with Gasteiger partial charge < -0.3 is 0 Å². The number of benzene rings is 2. The molecule has 0 amide bonds. The van der Waals surface area contributed by atoms with E-state index in [2.05, 4.69) is 0 Å². The Morgan fingerprint density at radius 3 is 1.71 bits per heavy atom. The van der Waals surface area contributed by atoms with Crippen LogP contribution in [0.5, 0.6) is 0 Å². The van der Waals surface area contributed by atoms with Gasteiger partial charge in [-0.3, -0.25) is 13.4 Å². The first-order chi connectivity index (χ1) is 9.97. The van der Waals surface area contributed by atoms with Gasteiger partial charge in [-0.1, -0.05) is 59.7 Å². The molecule has 0 aromatic heterocycles. The van der Waals surface area contributed by atoms with Gasteiger partial charge in [0.25, 0.3) is 0 Å². The second-order valence-corrected chi connectivity index (χ2v) is 5.00. The van der Waals surface area contributed by atoms with Crippen molar-refractivity contribution in [1.29, 1.82) is 0 Å². The molecule has 0 N–H and O–H groups in total. The van der Waals surface area contributed by atoms with E-state index < -0.39 is 13.1 Å². The molecule has 0 aliphatic rings. The maximum absolute atomic E-state index is 13.2. The Morgan fingerprint density at radius 1 is 0.857 bits per heavy atom. The molecule has 0 atom stereocenters. The molecule has 0 spiro atoms. The summed E-state index contributed by atoms with van der Waals surface area (Å²) in [6.45, 7) is 3.79. The van der Waals surface area contributed by atoms with Crippen molar-refractivity contribution < 1.29 is 13.4 Å². The lowest BCUT2D eigenvalue weighted by atomic mass is 9.78. The summed E-state index contributed by atoms with van der Waals surface area (Å²) in [7, 11) is -2.69. The average Bonchev–Trinajstić information content (AvgIpc) is 2.46. The molecule has 0 radical (unpaired) electrons. The molecule has 0 aliphatic heterocycles. The summed E-state index contributed by atoms with van der Waals surface area (Å²) in [6, 6.07) is 13.6. The first kappa shape index (κ1) is 15.2. The number of halogens is 2. The van der Waals surface area contributed by atoms with Crippen molar-refractivity contribution in [2.24, 2.45) is 0 Å². The highest BCUT2D eigenvalue weighted by Crippen LogP contribution is 2.21. The Labute approximate surface area is 123 Å². The topological polar surface area (TPSA) is 17.1 Å². The molecule has 0 saturated heterocycles.